The number of likely N-dealkylation sites (tertiary alicyclic amines) is 1. The summed E-state index contributed by atoms with van der Waals surface area (Å²) in [6, 6.07) is 8.25. The number of carboxylic acid groups (broad SMARTS) is 1. The maximum atomic E-state index is 14.1. The van der Waals surface area contributed by atoms with Crippen LogP contribution in [0.25, 0.3) is 0 Å². The zero-order valence-corrected chi connectivity index (χ0v) is 17.0. The van der Waals surface area contributed by atoms with Gasteiger partial charge in [0.15, 0.2) is 0 Å². The summed E-state index contributed by atoms with van der Waals surface area (Å²) in [6.07, 6.45) is -5.20. The van der Waals surface area contributed by atoms with Crippen molar-refractivity contribution < 1.29 is 36.6 Å². The first-order chi connectivity index (χ1) is 14.9. The number of rotatable bonds is 6. The molecule has 1 heterocycles. The Morgan fingerprint density at radius 2 is 1.72 bits per heavy atom. The molecule has 2 aromatic rings. The van der Waals surface area contributed by atoms with Gasteiger partial charge >= 0.3 is 12.1 Å². The summed E-state index contributed by atoms with van der Waals surface area (Å²) < 4.78 is 66.3. The second kappa shape index (κ2) is 8.85. The molecule has 1 fully saturated rings. The van der Waals surface area contributed by atoms with E-state index in [4.69, 9.17) is 5.11 Å². The van der Waals surface area contributed by atoms with Gasteiger partial charge in [0, 0.05) is 13.0 Å². The number of carbonyl (C=O) groups is 2. The highest BCUT2D eigenvalue weighted by Gasteiger charge is 2.48. The van der Waals surface area contributed by atoms with Crippen molar-refractivity contribution in [2.75, 3.05) is 6.54 Å². The van der Waals surface area contributed by atoms with Gasteiger partial charge in [0.05, 0.1) is 29.8 Å². The van der Waals surface area contributed by atoms with Gasteiger partial charge in [0.2, 0.25) is 5.91 Å². The van der Waals surface area contributed by atoms with E-state index in [9.17, 15) is 31.5 Å². The molecule has 0 aromatic heterocycles. The number of hydrogen-bond donors (Lipinski definition) is 2. The Bertz CT molecular complexity index is 975. The Morgan fingerprint density at radius 1 is 1.12 bits per heavy atom. The molecule has 172 valence electrons. The molecule has 32 heavy (non-hydrogen) atoms. The van der Waals surface area contributed by atoms with Gasteiger partial charge in [-0.15, -0.1) is 0 Å². The minimum Gasteiger partial charge on any atom is -0.478 e. The molecule has 3 rings (SSSR count). The SMILES string of the molecule is CC(NC(=O)C1CC(F)(F)CN1Cc1ccc(C(F)(F)F)cc1)c1ccc(C(=O)O)cc1. The van der Waals surface area contributed by atoms with Crippen LogP contribution in [0.5, 0.6) is 0 Å². The van der Waals surface area contributed by atoms with E-state index < -0.39 is 54.6 Å². The molecule has 5 nitrogen and oxygen atoms in total. The molecular weight excluding hydrogens is 435 g/mol. The number of nitrogens with zero attached hydrogens (tertiary/aromatic N) is 1. The standard InChI is InChI=1S/C22H21F5N2O3/c1-13(15-4-6-16(7-5-15)20(31)32)28-19(30)18-10-21(23,24)12-29(18)11-14-2-8-17(9-3-14)22(25,26)27/h2-9,13,18H,10-12H2,1H3,(H,28,30)(H,31,32). The molecule has 0 spiro atoms. The number of halogens is 5. The predicted octanol–water partition coefficient (Wildman–Crippen LogP) is 4.49. The van der Waals surface area contributed by atoms with E-state index in [1.165, 1.54) is 41.3 Å². The zero-order valence-electron chi connectivity index (χ0n) is 17.0. The summed E-state index contributed by atoms with van der Waals surface area (Å²) >= 11 is 0. The van der Waals surface area contributed by atoms with E-state index in [-0.39, 0.29) is 12.1 Å². The van der Waals surface area contributed by atoms with E-state index in [0.717, 1.165) is 12.1 Å². The fourth-order valence-electron chi connectivity index (χ4n) is 3.65. The van der Waals surface area contributed by atoms with Crippen LogP contribution in [0.4, 0.5) is 22.0 Å². The number of carbonyl (C=O) groups excluding carboxylic acids is 1. The first kappa shape index (κ1) is 23.6. The van der Waals surface area contributed by atoms with Crippen molar-refractivity contribution in [1.82, 2.24) is 10.2 Å². The van der Waals surface area contributed by atoms with Gasteiger partial charge in [-0.1, -0.05) is 24.3 Å². The Morgan fingerprint density at radius 3 is 2.25 bits per heavy atom. The normalized spacial score (nSPS) is 19.5. The van der Waals surface area contributed by atoms with Crippen molar-refractivity contribution in [3.05, 3.63) is 70.8 Å². The van der Waals surface area contributed by atoms with Crippen molar-refractivity contribution >= 4 is 11.9 Å². The first-order valence-corrected chi connectivity index (χ1v) is 9.77. The highest BCUT2D eigenvalue weighted by atomic mass is 19.4. The van der Waals surface area contributed by atoms with Gasteiger partial charge in [-0.2, -0.15) is 13.2 Å². The van der Waals surface area contributed by atoms with Gasteiger partial charge < -0.3 is 10.4 Å². The lowest BCUT2D eigenvalue weighted by Crippen LogP contribution is -2.43. The lowest BCUT2D eigenvalue weighted by Gasteiger charge is -2.25. The van der Waals surface area contributed by atoms with E-state index in [2.05, 4.69) is 5.32 Å². The third-order valence-electron chi connectivity index (χ3n) is 5.35. The molecular formula is C22H21F5N2O3. The van der Waals surface area contributed by atoms with Crippen LogP contribution in [0.2, 0.25) is 0 Å². The molecule has 2 atom stereocenters. The van der Waals surface area contributed by atoms with Crippen LogP contribution in [0, 0.1) is 0 Å². The molecule has 0 bridgehead atoms. The number of carboxylic acids is 1. The van der Waals surface area contributed by atoms with Crippen LogP contribution in [0.15, 0.2) is 48.5 Å². The van der Waals surface area contributed by atoms with Gasteiger partial charge in [-0.3, -0.25) is 9.69 Å². The summed E-state index contributed by atoms with van der Waals surface area (Å²) in [5, 5.41) is 11.6. The topological polar surface area (TPSA) is 69.6 Å². The third-order valence-corrected chi connectivity index (χ3v) is 5.35. The quantitative estimate of drug-likeness (QED) is 0.629. The van der Waals surface area contributed by atoms with Crippen LogP contribution in [-0.4, -0.2) is 40.4 Å². The molecule has 2 N–H and O–H groups in total. The van der Waals surface area contributed by atoms with E-state index in [0.29, 0.717) is 11.1 Å². The van der Waals surface area contributed by atoms with Crippen molar-refractivity contribution in [3.8, 4) is 0 Å². The minimum absolute atomic E-state index is 0.0745. The molecule has 0 radical (unpaired) electrons. The Hall–Kier alpha value is -3.01. The Balaban J connectivity index is 1.70. The molecule has 10 heteroatoms. The van der Waals surface area contributed by atoms with E-state index in [1.54, 1.807) is 6.92 Å². The summed E-state index contributed by atoms with van der Waals surface area (Å²) in [7, 11) is 0. The maximum absolute atomic E-state index is 14.1. The number of aromatic carboxylic acids is 1. The van der Waals surface area contributed by atoms with Gasteiger partial charge in [0.1, 0.15) is 0 Å². The first-order valence-electron chi connectivity index (χ1n) is 9.77. The average molecular weight is 456 g/mol. The number of amides is 1. The zero-order chi connectivity index (χ0) is 23.7. The van der Waals surface area contributed by atoms with Gasteiger partial charge in [-0.05, 0) is 42.3 Å². The van der Waals surface area contributed by atoms with Crippen LogP contribution in [-0.2, 0) is 17.5 Å². The van der Waals surface area contributed by atoms with Crippen LogP contribution < -0.4 is 5.32 Å². The maximum Gasteiger partial charge on any atom is 0.416 e. The van der Waals surface area contributed by atoms with E-state index in [1.807, 2.05) is 0 Å². The van der Waals surface area contributed by atoms with E-state index >= 15 is 0 Å². The molecule has 1 aliphatic heterocycles. The van der Waals surface area contributed by atoms with Gasteiger partial charge in [-0.25, -0.2) is 13.6 Å². The summed E-state index contributed by atoms with van der Waals surface area (Å²) in [6.45, 7) is 0.849. The Labute approximate surface area is 180 Å². The smallest absolute Gasteiger partial charge is 0.416 e. The number of hydrogen-bond acceptors (Lipinski definition) is 3. The minimum atomic E-state index is -4.50. The second-order valence-electron chi connectivity index (χ2n) is 7.83. The van der Waals surface area contributed by atoms with Crippen LogP contribution in [0.1, 0.15) is 46.4 Å². The predicted molar refractivity (Wildman–Crippen MR) is 105 cm³/mol. The molecule has 1 amide bonds. The fourth-order valence-corrected chi connectivity index (χ4v) is 3.65. The van der Waals surface area contributed by atoms with Crippen molar-refractivity contribution in [3.63, 3.8) is 0 Å². The van der Waals surface area contributed by atoms with Crippen molar-refractivity contribution in [2.45, 2.75) is 44.1 Å². The lowest BCUT2D eigenvalue weighted by atomic mass is 10.0. The van der Waals surface area contributed by atoms with Crippen LogP contribution in [0.3, 0.4) is 0 Å². The molecule has 2 aromatic carbocycles. The lowest BCUT2D eigenvalue weighted by molar-refractivity contribution is -0.137. The average Bonchev–Trinajstić information content (AvgIpc) is 3.02. The largest absolute Gasteiger partial charge is 0.478 e. The van der Waals surface area contributed by atoms with Gasteiger partial charge in [0.25, 0.3) is 5.92 Å². The van der Waals surface area contributed by atoms with Crippen molar-refractivity contribution in [1.29, 1.82) is 0 Å². The summed E-state index contributed by atoms with van der Waals surface area (Å²) in [4.78, 5) is 24.9. The molecule has 1 aliphatic rings. The highest BCUT2D eigenvalue weighted by molar-refractivity contribution is 5.87. The Kier molecular flexibility index (Phi) is 6.54. The molecule has 0 saturated carbocycles. The molecule has 1 saturated heterocycles. The number of alkyl halides is 5. The third kappa shape index (κ3) is 5.61. The van der Waals surface area contributed by atoms with Crippen molar-refractivity contribution in [2.24, 2.45) is 0 Å². The fraction of sp³-hybridized carbons (Fsp3) is 0.364. The monoisotopic (exact) mass is 456 g/mol. The second-order valence-corrected chi connectivity index (χ2v) is 7.83. The molecule has 0 aliphatic carbocycles. The highest BCUT2D eigenvalue weighted by Crippen LogP contribution is 2.34. The number of nitrogens with one attached hydrogen (secondary N) is 1. The number of benzene rings is 2. The summed E-state index contributed by atoms with van der Waals surface area (Å²) in [5.41, 5.74) is 0.212. The van der Waals surface area contributed by atoms with Crippen LogP contribution >= 0.6 is 0 Å². The molecule has 2 unspecified atom stereocenters. The summed E-state index contributed by atoms with van der Waals surface area (Å²) in [5.74, 6) is -4.84.